The molecule has 0 aliphatic rings. The quantitative estimate of drug-likeness (QED) is 0.429. The van der Waals surface area contributed by atoms with E-state index in [9.17, 15) is 0 Å². The number of pyridine rings is 1. The van der Waals surface area contributed by atoms with Gasteiger partial charge in [-0.2, -0.15) is 0 Å². The van der Waals surface area contributed by atoms with Crippen molar-refractivity contribution in [2.75, 3.05) is 20.3 Å². The summed E-state index contributed by atoms with van der Waals surface area (Å²) >= 11 is 0. The summed E-state index contributed by atoms with van der Waals surface area (Å²) in [5, 5.41) is 7.47. The first kappa shape index (κ1) is 12.4. The van der Waals surface area contributed by atoms with Gasteiger partial charge in [0, 0.05) is 26.3 Å². The molecule has 0 radical (unpaired) electrons. The first-order valence-electron chi connectivity index (χ1n) is 5.08. The van der Waals surface area contributed by atoms with E-state index < -0.39 is 0 Å². The van der Waals surface area contributed by atoms with Gasteiger partial charge in [-0.15, -0.1) is 0 Å². The summed E-state index contributed by atoms with van der Waals surface area (Å²) < 4.78 is 10.4. The van der Waals surface area contributed by atoms with E-state index in [4.69, 9.17) is 20.6 Å². The average molecular weight is 223 g/mol. The van der Waals surface area contributed by atoms with Crippen LogP contribution >= 0.6 is 0 Å². The highest BCUT2D eigenvalue weighted by atomic mass is 16.5. The van der Waals surface area contributed by atoms with Crippen LogP contribution in [0.3, 0.4) is 0 Å². The first-order chi connectivity index (χ1) is 7.66. The molecule has 0 aromatic carbocycles. The van der Waals surface area contributed by atoms with Gasteiger partial charge >= 0.3 is 0 Å². The van der Waals surface area contributed by atoms with Crippen LogP contribution in [0.15, 0.2) is 12.3 Å². The molecule has 0 bridgehead atoms. The second-order valence-electron chi connectivity index (χ2n) is 3.42. The van der Waals surface area contributed by atoms with Gasteiger partial charge in [-0.25, -0.2) is 4.98 Å². The van der Waals surface area contributed by atoms with Crippen LogP contribution in [-0.2, 0) is 4.74 Å². The van der Waals surface area contributed by atoms with Gasteiger partial charge in [0.2, 0.25) is 5.88 Å². The molecule has 0 fully saturated rings. The minimum atomic E-state index is -0.0210. The van der Waals surface area contributed by atoms with Crippen molar-refractivity contribution in [1.82, 2.24) is 4.98 Å². The molecule has 0 saturated heterocycles. The van der Waals surface area contributed by atoms with E-state index >= 15 is 0 Å². The molecular weight excluding hydrogens is 206 g/mol. The summed E-state index contributed by atoms with van der Waals surface area (Å²) in [5.41, 5.74) is 6.95. The Hall–Kier alpha value is -1.62. The molecule has 0 aliphatic heterocycles. The van der Waals surface area contributed by atoms with E-state index in [0.29, 0.717) is 24.7 Å². The topological polar surface area (TPSA) is 81.2 Å². The van der Waals surface area contributed by atoms with Crippen LogP contribution < -0.4 is 10.5 Å². The average Bonchev–Trinajstić information content (AvgIpc) is 2.24. The summed E-state index contributed by atoms with van der Waals surface area (Å²) in [6.45, 7) is 3.02. The Labute approximate surface area is 95.1 Å². The number of methoxy groups -OCH3 is 1. The largest absolute Gasteiger partial charge is 0.477 e. The number of nitrogen functional groups attached to an aromatic ring is 1. The monoisotopic (exact) mass is 223 g/mol. The van der Waals surface area contributed by atoms with Crippen molar-refractivity contribution in [1.29, 1.82) is 5.41 Å². The van der Waals surface area contributed by atoms with Crippen LogP contribution in [0.2, 0.25) is 0 Å². The molecule has 5 heteroatoms. The lowest BCUT2D eigenvalue weighted by Crippen LogP contribution is -2.16. The molecule has 3 N–H and O–H groups in total. The lowest BCUT2D eigenvalue weighted by atomic mass is 10.1. The molecule has 16 heavy (non-hydrogen) atoms. The van der Waals surface area contributed by atoms with Crippen molar-refractivity contribution >= 4 is 5.84 Å². The molecule has 0 aliphatic carbocycles. The molecular formula is C11H17N3O2. The molecule has 0 unspecified atom stereocenters. The highest BCUT2D eigenvalue weighted by molar-refractivity contribution is 5.98. The van der Waals surface area contributed by atoms with Crippen molar-refractivity contribution in [3.8, 4) is 5.88 Å². The number of hydrogen-bond acceptors (Lipinski definition) is 4. The van der Waals surface area contributed by atoms with Crippen LogP contribution in [0.25, 0.3) is 0 Å². The molecule has 5 nitrogen and oxygen atoms in total. The fourth-order valence-corrected chi connectivity index (χ4v) is 1.34. The van der Waals surface area contributed by atoms with Gasteiger partial charge in [-0.1, -0.05) is 0 Å². The molecule has 0 amide bonds. The smallest absolute Gasteiger partial charge is 0.224 e. The first-order valence-corrected chi connectivity index (χ1v) is 5.08. The van der Waals surface area contributed by atoms with Gasteiger partial charge in [0.15, 0.2) is 0 Å². The minimum absolute atomic E-state index is 0.0210. The summed E-state index contributed by atoms with van der Waals surface area (Å²) in [4.78, 5) is 4.07. The fourth-order valence-electron chi connectivity index (χ4n) is 1.34. The molecule has 1 aromatic heterocycles. The van der Waals surface area contributed by atoms with Gasteiger partial charge < -0.3 is 15.2 Å². The lowest BCUT2D eigenvalue weighted by Gasteiger charge is -2.11. The zero-order valence-corrected chi connectivity index (χ0v) is 9.62. The van der Waals surface area contributed by atoms with Crippen LogP contribution in [0.1, 0.15) is 17.5 Å². The number of ether oxygens (including phenoxy) is 2. The van der Waals surface area contributed by atoms with E-state index in [1.54, 1.807) is 19.4 Å². The van der Waals surface area contributed by atoms with E-state index in [1.165, 1.54) is 0 Å². The van der Waals surface area contributed by atoms with Crippen molar-refractivity contribution in [2.24, 2.45) is 5.73 Å². The van der Waals surface area contributed by atoms with Crippen molar-refractivity contribution in [3.63, 3.8) is 0 Å². The molecule has 1 heterocycles. The third-order valence-electron chi connectivity index (χ3n) is 2.13. The van der Waals surface area contributed by atoms with E-state index in [0.717, 1.165) is 12.0 Å². The zero-order chi connectivity index (χ0) is 12.0. The van der Waals surface area contributed by atoms with Crippen LogP contribution in [0.4, 0.5) is 0 Å². The van der Waals surface area contributed by atoms with Gasteiger partial charge in [0.1, 0.15) is 5.84 Å². The van der Waals surface area contributed by atoms with Crippen molar-refractivity contribution in [3.05, 3.63) is 23.4 Å². The van der Waals surface area contributed by atoms with E-state index in [2.05, 4.69) is 4.98 Å². The van der Waals surface area contributed by atoms with Gasteiger partial charge in [0.05, 0.1) is 12.2 Å². The Morgan fingerprint density at radius 3 is 2.88 bits per heavy atom. The Bertz CT molecular complexity index is 366. The molecule has 1 rings (SSSR count). The molecule has 0 atom stereocenters. The molecule has 0 spiro atoms. The zero-order valence-electron chi connectivity index (χ0n) is 9.62. The Balaban J connectivity index is 2.71. The highest BCUT2D eigenvalue weighted by Crippen LogP contribution is 2.18. The predicted octanol–water partition coefficient (Wildman–Crippen LogP) is 1.09. The van der Waals surface area contributed by atoms with E-state index in [-0.39, 0.29) is 5.84 Å². The molecule has 88 valence electrons. The number of nitrogens with one attached hydrogen (secondary N) is 1. The molecule has 0 saturated carbocycles. The van der Waals surface area contributed by atoms with Crippen LogP contribution in [0, 0.1) is 12.3 Å². The number of nitrogens with two attached hydrogens (primary N) is 1. The lowest BCUT2D eigenvalue weighted by molar-refractivity contribution is 0.170. The second kappa shape index (κ2) is 6.07. The maximum atomic E-state index is 7.47. The maximum Gasteiger partial charge on any atom is 0.224 e. The second-order valence-corrected chi connectivity index (χ2v) is 3.42. The SMILES string of the molecule is COCCCOc1nccc(C)c1C(=N)N. The number of rotatable bonds is 6. The Kier molecular flexibility index (Phi) is 4.72. The van der Waals surface area contributed by atoms with Crippen LogP contribution in [0.5, 0.6) is 5.88 Å². The number of aromatic nitrogens is 1. The van der Waals surface area contributed by atoms with Crippen molar-refractivity contribution < 1.29 is 9.47 Å². The summed E-state index contributed by atoms with van der Waals surface area (Å²) in [6.07, 6.45) is 2.43. The number of aryl methyl sites for hydroxylation is 1. The van der Waals surface area contributed by atoms with Gasteiger partial charge in [0.25, 0.3) is 0 Å². The third-order valence-corrected chi connectivity index (χ3v) is 2.13. The third kappa shape index (κ3) is 3.20. The van der Waals surface area contributed by atoms with Gasteiger partial charge in [-0.05, 0) is 18.6 Å². The number of nitrogens with zero attached hydrogens (tertiary/aromatic N) is 1. The summed E-state index contributed by atoms with van der Waals surface area (Å²) in [5.74, 6) is 0.399. The maximum absolute atomic E-state index is 7.47. The normalized spacial score (nSPS) is 10.1. The fraction of sp³-hybridized carbons (Fsp3) is 0.455. The highest BCUT2D eigenvalue weighted by Gasteiger charge is 2.10. The Morgan fingerprint density at radius 2 is 2.25 bits per heavy atom. The summed E-state index contributed by atoms with van der Waals surface area (Å²) in [6, 6.07) is 1.80. The van der Waals surface area contributed by atoms with E-state index in [1.807, 2.05) is 6.92 Å². The number of amidine groups is 1. The standard InChI is InChI=1S/C11H17N3O2/c1-8-4-5-14-11(9(8)10(12)13)16-7-3-6-15-2/h4-5H,3,6-7H2,1-2H3,(H3,12,13). The van der Waals surface area contributed by atoms with Crippen LogP contribution in [-0.4, -0.2) is 31.1 Å². The predicted molar refractivity (Wildman–Crippen MR) is 62.0 cm³/mol. The van der Waals surface area contributed by atoms with Gasteiger partial charge in [-0.3, -0.25) is 5.41 Å². The summed E-state index contributed by atoms with van der Waals surface area (Å²) in [7, 11) is 1.64. The number of hydrogen-bond donors (Lipinski definition) is 2. The van der Waals surface area contributed by atoms with Crippen molar-refractivity contribution in [2.45, 2.75) is 13.3 Å². The Morgan fingerprint density at radius 1 is 1.50 bits per heavy atom. The minimum Gasteiger partial charge on any atom is -0.477 e. The molecule has 1 aromatic rings.